The largest absolute Gasteiger partial charge is 0.483 e. The number of aryl methyl sites for hydroxylation is 1. The number of ether oxygens (including phenoxy) is 1. The lowest BCUT2D eigenvalue weighted by Gasteiger charge is -2.11. The predicted octanol–water partition coefficient (Wildman–Crippen LogP) is 4.50. The first-order chi connectivity index (χ1) is 10.6. The number of anilines is 1. The molecule has 0 atom stereocenters. The van der Waals surface area contributed by atoms with Crippen LogP contribution in [0.25, 0.3) is 0 Å². The van der Waals surface area contributed by atoms with Crippen molar-refractivity contribution in [3.8, 4) is 5.75 Å². The van der Waals surface area contributed by atoms with E-state index >= 15 is 0 Å². The Bertz CT molecular complexity index is 683. The van der Waals surface area contributed by atoms with Gasteiger partial charge in [-0.15, -0.1) is 6.58 Å². The molecule has 3 nitrogen and oxygen atoms in total. The molecular weight excluding hydrogens is 342 g/mol. The fourth-order valence-electron chi connectivity index (χ4n) is 2.02. The van der Waals surface area contributed by atoms with Crippen LogP contribution in [0.3, 0.4) is 0 Å². The number of halogens is 1. The molecule has 0 aliphatic rings. The minimum Gasteiger partial charge on any atom is -0.483 e. The number of hydrogen-bond donors (Lipinski definition) is 1. The summed E-state index contributed by atoms with van der Waals surface area (Å²) in [5, 5.41) is 2.83. The number of para-hydroxylation sites is 1. The molecule has 0 radical (unpaired) electrons. The highest BCUT2D eigenvalue weighted by molar-refractivity contribution is 9.10. The van der Waals surface area contributed by atoms with Crippen LogP contribution < -0.4 is 10.1 Å². The quantitative estimate of drug-likeness (QED) is 0.770. The molecule has 0 spiro atoms. The second-order valence-electron chi connectivity index (χ2n) is 4.92. The van der Waals surface area contributed by atoms with Crippen molar-refractivity contribution in [2.75, 3.05) is 11.9 Å². The Hall–Kier alpha value is -2.07. The molecule has 0 fully saturated rings. The van der Waals surface area contributed by atoms with Gasteiger partial charge in [-0.3, -0.25) is 4.79 Å². The number of nitrogens with one attached hydrogen (secondary N) is 1. The van der Waals surface area contributed by atoms with E-state index in [0.29, 0.717) is 12.2 Å². The second kappa shape index (κ2) is 7.80. The molecule has 2 aromatic carbocycles. The van der Waals surface area contributed by atoms with Crippen molar-refractivity contribution < 1.29 is 9.53 Å². The fourth-order valence-corrected chi connectivity index (χ4v) is 2.61. The van der Waals surface area contributed by atoms with Crippen LogP contribution in [0.2, 0.25) is 0 Å². The van der Waals surface area contributed by atoms with Gasteiger partial charge in [-0.2, -0.15) is 0 Å². The van der Waals surface area contributed by atoms with Gasteiger partial charge in [0.25, 0.3) is 5.91 Å². The van der Waals surface area contributed by atoms with Gasteiger partial charge in [0.2, 0.25) is 0 Å². The van der Waals surface area contributed by atoms with Crippen molar-refractivity contribution in [1.82, 2.24) is 0 Å². The lowest BCUT2D eigenvalue weighted by molar-refractivity contribution is -0.118. The normalized spacial score (nSPS) is 10.1. The summed E-state index contributed by atoms with van der Waals surface area (Å²) in [6, 6.07) is 13.4. The first-order valence-electron chi connectivity index (χ1n) is 6.97. The summed E-state index contributed by atoms with van der Waals surface area (Å²) >= 11 is 3.44. The van der Waals surface area contributed by atoms with Crippen LogP contribution >= 0.6 is 15.9 Å². The summed E-state index contributed by atoms with van der Waals surface area (Å²) < 4.78 is 6.47. The Kier molecular flexibility index (Phi) is 5.78. The van der Waals surface area contributed by atoms with Gasteiger partial charge in [-0.05, 0) is 58.6 Å². The van der Waals surface area contributed by atoms with Gasteiger partial charge in [0.15, 0.2) is 6.61 Å². The average molecular weight is 360 g/mol. The van der Waals surface area contributed by atoms with Crippen molar-refractivity contribution in [3.63, 3.8) is 0 Å². The minimum atomic E-state index is -0.196. The maximum Gasteiger partial charge on any atom is 0.262 e. The highest BCUT2D eigenvalue weighted by Gasteiger charge is 2.08. The molecule has 22 heavy (non-hydrogen) atoms. The summed E-state index contributed by atoms with van der Waals surface area (Å²) in [7, 11) is 0. The van der Waals surface area contributed by atoms with Gasteiger partial charge in [0.05, 0.1) is 5.69 Å². The maximum atomic E-state index is 12.0. The molecule has 4 heteroatoms. The lowest BCUT2D eigenvalue weighted by Crippen LogP contribution is -2.20. The Morgan fingerprint density at radius 1 is 1.32 bits per heavy atom. The number of carbonyl (C=O) groups excluding carboxylic acids is 1. The lowest BCUT2D eigenvalue weighted by atomic mass is 10.1. The number of benzene rings is 2. The van der Waals surface area contributed by atoms with E-state index in [1.165, 1.54) is 0 Å². The number of carbonyl (C=O) groups is 1. The molecule has 0 saturated carbocycles. The zero-order valence-electron chi connectivity index (χ0n) is 12.4. The fraction of sp³-hybridized carbons (Fsp3) is 0.167. The van der Waals surface area contributed by atoms with Crippen LogP contribution in [-0.4, -0.2) is 12.5 Å². The molecule has 0 bridgehead atoms. The highest BCUT2D eigenvalue weighted by atomic mass is 79.9. The third-order valence-corrected chi connectivity index (χ3v) is 3.75. The SMILES string of the molecule is C=CCc1ccccc1OCC(=O)Nc1ccc(C)cc1Br. The van der Waals surface area contributed by atoms with Crippen molar-refractivity contribution in [3.05, 3.63) is 70.7 Å². The van der Waals surface area contributed by atoms with E-state index in [1.807, 2.05) is 55.5 Å². The Morgan fingerprint density at radius 2 is 2.09 bits per heavy atom. The molecule has 1 N–H and O–H groups in total. The highest BCUT2D eigenvalue weighted by Crippen LogP contribution is 2.23. The summed E-state index contributed by atoms with van der Waals surface area (Å²) in [6.45, 7) is 5.69. The standard InChI is InChI=1S/C18H18BrNO2/c1-3-6-14-7-4-5-8-17(14)22-12-18(21)20-16-10-9-13(2)11-15(16)19/h3-5,7-11H,1,6,12H2,2H3,(H,20,21). The minimum absolute atomic E-state index is 0.0333. The first kappa shape index (κ1) is 16.3. The molecular formula is C18H18BrNO2. The summed E-state index contributed by atoms with van der Waals surface area (Å²) in [4.78, 5) is 12.0. The molecule has 0 heterocycles. The molecule has 0 aliphatic heterocycles. The van der Waals surface area contributed by atoms with E-state index in [4.69, 9.17) is 4.74 Å². The summed E-state index contributed by atoms with van der Waals surface area (Å²) in [5.41, 5.74) is 2.87. The van der Waals surface area contributed by atoms with E-state index in [1.54, 1.807) is 0 Å². The maximum absolute atomic E-state index is 12.0. The molecule has 2 aromatic rings. The number of amides is 1. The molecule has 0 aliphatic carbocycles. The predicted molar refractivity (Wildman–Crippen MR) is 93.3 cm³/mol. The third-order valence-electron chi connectivity index (χ3n) is 3.09. The van der Waals surface area contributed by atoms with Gasteiger partial charge in [-0.25, -0.2) is 0 Å². The third kappa shape index (κ3) is 4.46. The number of rotatable bonds is 6. The van der Waals surface area contributed by atoms with Crippen LogP contribution in [0.1, 0.15) is 11.1 Å². The van der Waals surface area contributed by atoms with Crippen LogP contribution in [0.15, 0.2) is 59.6 Å². The monoisotopic (exact) mass is 359 g/mol. The average Bonchev–Trinajstić information content (AvgIpc) is 2.49. The van der Waals surface area contributed by atoms with Gasteiger partial charge < -0.3 is 10.1 Å². The van der Waals surface area contributed by atoms with E-state index in [2.05, 4.69) is 27.8 Å². The van der Waals surface area contributed by atoms with Gasteiger partial charge in [0, 0.05) is 4.47 Å². The Balaban J connectivity index is 1.97. The summed E-state index contributed by atoms with van der Waals surface area (Å²) in [5.74, 6) is 0.512. The van der Waals surface area contributed by atoms with Crippen molar-refractivity contribution >= 4 is 27.5 Å². The Morgan fingerprint density at radius 3 is 2.82 bits per heavy atom. The van der Waals surface area contributed by atoms with E-state index in [9.17, 15) is 4.79 Å². The van der Waals surface area contributed by atoms with Gasteiger partial charge in [-0.1, -0.05) is 30.3 Å². The molecule has 0 saturated heterocycles. The first-order valence-corrected chi connectivity index (χ1v) is 7.77. The zero-order valence-corrected chi connectivity index (χ0v) is 14.0. The molecule has 2 rings (SSSR count). The van der Waals surface area contributed by atoms with E-state index in [0.717, 1.165) is 21.3 Å². The zero-order chi connectivity index (χ0) is 15.9. The van der Waals surface area contributed by atoms with Crippen LogP contribution in [0, 0.1) is 6.92 Å². The second-order valence-corrected chi connectivity index (χ2v) is 5.78. The molecule has 1 amide bonds. The van der Waals surface area contributed by atoms with Crippen LogP contribution in [0.4, 0.5) is 5.69 Å². The van der Waals surface area contributed by atoms with Crippen molar-refractivity contribution in [2.24, 2.45) is 0 Å². The van der Waals surface area contributed by atoms with Crippen LogP contribution in [0.5, 0.6) is 5.75 Å². The van der Waals surface area contributed by atoms with Crippen molar-refractivity contribution in [2.45, 2.75) is 13.3 Å². The molecule has 114 valence electrons. The summed E-state index contributed by atoms with van der Waals surface area (Å²) in [6.07, 6.45) is 2.52. The molecule has 0 aromatic heterocycles. The Labute approximate surface area is 139 Å². The number of allylic oxidation sites excluding steroid dienone is 1. The van der Waals surface area contributed by atoms with Gasteiger partial charge >= 0.3 is 0 Å². The van der Waals surface area contributed by atoms with Crippen LogP contribution in [-0.2, 0) is 11.2 Å². The smallest absolute Gasteiger partial charge is 0.262 e. The topological polar surface area (TPSA) is 38.3 Å². The van der Waals surface area contributed by atoms with E-state index < -0.39 is 0 Å². The van der Waals surface area contributed by atoms with Crippen molar-refractivity contribution in [1.29, 1.82) is 0 Å². The van der Waals surface area contributed by atoms with E-state index in [-0.39, 0.29) is 12.5 Å². The molecule has 0 unspecified atom stereocenters. The van der Waals surface area contributed by atoms with Gasteiger partial charge in [0.1, 0.15) is 5.75 Å². The number of hydrogen-bond acceptors (Lipinski definition) is 2.